The van der Waals surface area contributed by atoms with E-state index in [1.165, 1.54) is 6.42 Å². The van der Waals surface area contributed by atoms with Crippen LogP contribution in [0, 0.1) is 11.3 Å². The highest BCUT2D eigenvalue weighted by Gasteiger charge is 2.32. The maximum absolute atomic E-state index is 12.3. The minimum Gasteiger partial charge on any atom is -0.345 e. The van der Waals surface area contributed by atoms with E-state index in [-0.39, 0.29) is 12.0 Å². The molecule has 1 aromatic rings. The third-order valence-corrected chi connectivity index (χ3v) is 6.12. The van der Waals surface area contributed by atoms with Gasteiger partial charge in [-0.05, 0) is 54.6 Å². The molecule has 4 nitrogen and oxygen atoms in total. The lowest BCUT2D eigenvalue weighted by molar-refractivity contribution is -0.136. The number of carbonyl (C=O) groups excluding carboxylic acids is 2. The van der Waals surface area contributed by atoms with Gasteiger partial charge in [0.15, 0.2) is 0 Å². The number of benzene rings is 1. The third kappa shape index (κ3) is 5.09. The highest BCUT2D eigenvalue weighted by atomic mass is 16.2. The fourth-order valence-electron chi connectivity index (χ4n) is 3.85. The molecule has 4 heteroatoms. The van der Waals surface area contributed by atoms with Gasteiger partial charge >= 0.3 is 11.8 Å². The maximum Gasteiger partial charge on any atom is 0.313 e. The molecule has 0 aliphatic heterocycles. The normalized spacial score (nSPS) is 20.7. The van der Waals surface area contributed by atoms with Crippen molar-refractivity contribution < 1.29 is 9.59 Å². The van der Waals surface area contributed by atoms with Crippen molar-refractivity contribution in [3.8, 4) is 0 Å². The van der Waals surface area contributed by atoms with Crippen LogP contribution in [-0.4, -0.2) is 17.9 Å². The van der Waals surface area contributed by atoms with Crippen LogP contribution >= 0.6 is 0 Å². The van der Waals surface area contributed by atoms with Crippen molar-refractivity contribution in [3.05, 3.63) is 29.8 Å². The average molecular weight is 359 g/mol. The molecule has 2 amide bonds. The van der Waals surface area contributed by atoms with Crippen molar-refractivity contribution in [2.45, 2.75) is 78.7 Å². The zero-order valence-electron chi connectivity index (χ0n) is 16.9. The van der Waals surface area contributed by atoms with Gasteiger partial charge in [0, 0.05) is 11.7 Å². The van der Waals surface area contributed by atoms with Gasteiger partial charge < -0.3 is 10.6 Å². The molecule has 144 valence electrons. The van der Waals surface area contributed by atoms with Gasteiger partial charge in [-0.3, -0.25) is 9.59 Å². The smallest absolute Gasteiger partial charge is 0.313 e. The molecule has 26 heavy (non-hydrogen) atoms. The predicted molar refractivity (Wildman–Crippen MR) is 107 cm³/mol. The second kappa shape index (κ2) is 8.70. The number of nitrogens with one attached hydrogen (secondary N) is 2. The van der Waals surface area contributed by atoms with Crippen molar-refractivity contribution in [2.24, 2.45) is 11.3 Å². The molecule has 0 unspecified atom stereocenters. The molecule has 1 aliphatic carbocycles. The molecule has 0 saturated heterocycles. The molecule has 0 heterocycles. The summed E-state index contributed by atoms with van der Waals surface area (Å²) < 4.78 is 0. The Kier molecular flexibility index (Phi) is 6.85. The Morgan fingerprint density at radius 1 is 1.08 bits per heavy atom. The number of para-hydroxylation sites is 1. The first-order chi connectivity index (χ1) is 12.2. The fraction of sp³-hybridized carbons (Fsp3) is 0.636. The second-order valence-electron chi connectivity index (χ2n) is 8.56. The van der Waals surface area contributed by atoms with Gasteiger partial charge in [0.05, 0.1) is 0 Å². The van der Waals surface area contributed by atoms with E-state index in [1.807, 2.05) is 24.3 Å². The van der Waals surface area contributed by atoms with Crippen LogP contribution in [0.25, 0.3) is 0 Å². The van der Waals surface area contributed by atoms with Crippen LogP contribution in [0.15, 0.2) is 24.3 Å². The highest BCUT2D eigenvalue weighted by molar-refractivity contribution is 6.39. The summed E-state index contributed by atoms with van der Waals surface area (Å²) in [5, 5.41) is 5.70. The molecular weight excluding hydrogens is 324 g/mol. The minimum absolute atomic E-state index is 0.109. The van der Waals surface area contributed by atoms with Crippen molar-refractivity contribution in [3.63, 3.8) is 0 Å². The zero-order chi connectivity index (χ0) is 19.3. The van der Waals surface area contributed by atoms with Crippen LogP contribution in [0.4, 0.5) is 5.69 Å². The molecule has 2 N–H and O–H groups in total. The highest BCUT2D eigenvalue weighted by Crippen LogP contribution is 2.40. The number of amides is 2. The summed E-state index contributed by atoms with van der Waals surface area (Å²) in [6.07, 6.45) is 5.31. The Balaban J connectivity index is 1.88. The molecule has 2 rings (SSSR count). The number of hydrogen-bond acceptors (Lipinski definition) is 2. The third-order valence-electron chi connectivity index (χ3n) is 6.12. The summed E-state index contributed by atoms with van der Waals surface area (Å²) in [5.41, 5.74) is 2.11. The zero-order valence-corrected chi connectivity index (χ0v) is 16.9. The van der Waals surface area contributed by atoms with Crippen LogP contribution in [0.2, 0.25) is 0 Å². The van der Waals surface area contributed by atoms with Crippen LogP contribution in [0.3, 0.4) is 0 Å². The number of rotatable bonds is 5. The monoisotopic (exact) mass is 358 g/mol. The Morgan fingerprint density at radius 3 is 2.27 bits per heavy atom. The summed E-state index contributed by atoms with van der Waals surface area (Å²) in [7, 11) is 0. The lowest BCUT2D eigenvalue weighted by atomic mass is 9.69. The molecule has 0 bridgehead atoms. The van der Waals surface area contributed by atoms with Gasteiger partial charge in [0.2, 0.25) is 0 Å². The van der Waals surface area contributed by atoms with E-state index >= 15 is 0 Å². The molecule has 0 radical (unpaired) electrons. The average Bonchev–Trinajstić information content (AvgIpc) is 2.62. The van der Waals surface area contributed by atoms with E-state index < -0.39 is 11.8 Å². The fourth-order valence-corrected chi connectivity index (χ4v) is 3.85. The number of anilines is 1. The first kappa shape index (κ1) is 20.5. The molecule has 0 atom stereocenters. The van der Waals surface area contributed by atoms with Crippen LogP contribution in [0.1, 0.15) is 78.2 Å². The van der Waals surface area contributed by atoms with Crippen LogP contribution < -0.4 is 10.6 Å². The van der Waals surface area contributed by atoms with E-state index in [1.54, 1.807) is 0 Å². The predicted octanol–water partition coefficient (Wildman–Crippen LogP) is 4.86. The van der Waals surface area contributed by atoms with E-state index in [0.717, 1.165) is 36.9 Å². The molecule has 1 aromatic carbocycles. The Bertz CT molecular complexity index is 629. The van der Waals surface area contributed by atoms with Crippen molar-refractivity contribution in [1.29, 1.82) is 0 Å². The van der Waals surface area contributed by atoms with Gasteiger partial charge in [0.25, 0.3) is 0 Å². The van der Waals surface area contributed by atoms with Gasteiger partial charge in [0.1, 0.15) is 0 Å². The van der Waals surface area contributed by atoms with E-state index in [2.05, 4.69) is 45.3 Å². The van der Waals surface area contributed by atoms with Crippen LogP contribution in [0.5, 0.6) is 0 Å². The number of hydrogen-bond donors (Lipinski definition) is 2. The lowest BCUT2D eigenvalue weighted by Crippen LogP contribution is -2.44. The summed E-state index contributed by atoms with van der Waals surface area (Å²) >= 11 is 0. The number of carbonyl (C=O) groups is 2. The standard InChI is InChI=1S/C22H34N2O2/c1-6-22(4,5)16-11-13-17(14-12-16)23-20(25)21(26)24-19-10-8-7-9-18(19)15(2)3/h7-10,15-17H,6,11-14H2,1-5H3,(H,23,25)(H,24,26). The van der Waals surface area contributed by atoms with Crippen molar-refractivity contribution in [1.82, 2.24) is 5.32 Å². The maximum atomic E-state index is 12.3. The van der Waals surface area contributed by atoms with Gasteiger partial charge in [-0.25, -0.2) is 0 Å². The van der Waals surface area contributed by atoms with Gasteiger partial charge in [-0.1, -0.05) is 59.2 Å². The molecule has 0 aromatic heterocycles. The summed E-state index contributed by atoms with van der Waals surface area (Å²) in [6.45, 7) is 11.0. The quantitative estimate of drug-likeness (QED) is 0.739. The topological polar surface area (TPSA) is 58.2 Å². The molecular formula is C22H34N2O2. The molecule has 1 aliphatic rings. The summed E-state index contributed by atoms with van der Waals surface area (Å²) in [4.78, 5) is 24.6. The Morgan fingerprint density at radius 2 is 1.69 bits per heavy atom. The molecule has 1 saturated carbocycles. The Hall–Kier alpha value is -1.84. The van der Waals surface area contributed by atoms with E-state index in [4.69, 9.17) is 0 Å². The summed E-state index contributed by atoms with van der Waals surface area (Å²) in [6, 6.07) is 7.75. The SMILES string of the molecule is CCC(C)(C)C1CCC(NC(=O)C(=O)Nc2ccccc2C(C)C)CC1. The van der Waals surface area contributed by atoms with Gasteiger partial charge in [-0.15, -0.1) is 0 Å². The first-order valence-electron chi connectivity index (χ1n) is 9.95. The Labute approximate surface area is 158 Å². The van der Waals surface area contributed by atoms with Gasteiger partial charge in [-0.2, -0.15) is 0 Å². The first-order valence-corrected chi connectivity index (χ1v) is 9.95. The van der Waals surface area contributed by atoms with E-state index in [0.29, 0.717) is 11.3 Å². The van der Waals surface area contributed by atoms with Crippen molar-refractivity contribution >= 4 is 17.5 Å². The largest absolute Gasteiger partial charge is 0.345 e. The van der Waals surface area contributed by atoms with E-state index in [9.17, 15) is 9.59 Å². The van der Waals surface area contributed by atoms with Crippen molar-refractivity contribution in [2.75, 3.05) is 5.32 Å². The minimum atomic E-state index is -0.575. The molecule has 0 spiro atoms. The van der Waals surface area contributed by atoms with Crippen LogP contribution in [-0.2, 0) is 9.59 Å². The molecule has 1 fully saturated rings. The lowest BCUT2D eigenvalue weighted by Gasteiger charge is -2.39. The second-order valence-corrected chi connectivity index (χ2v) is 8.56. The summed E-state index contributed by atoms with van der Waals surface area (Å²) in [5.74, 6) is -0.116.